The first-order chi connectivity index (χ1) is 14.4. The molecule has 30 heavy (non-hydrogen) atoms. The van der Waals surface area contributed by atoms with Crippen LogP contribution < -0.4 is 9.62 Å². The molecule has 0 bridgehead atoms. The van der Waals surface area contributed by atoms with Crippen LogP contribution in [0.3, 0.4) is 0 Å². The van der Waals surface area contributed by atoms with Gasteiger partial charge >= 0.3 is 5.24 Å². The highest BCUT2D eigenvalue weighted by molar-refractivity contribution is 8.15. The minimum absolute atomic E-state index is 0.130. The van der Waals surface area contributed by atoms with Gasteiger partial charge in [-0.2, -0.15) is 4.31 Å². The fourth-order valence-electron chi connectivity index (χ4n) is 4.04. The molecule has 4 heterocycles. The minimum Gasteiger partial charge on any atom is -0.346 e. The fraction of sp³-hybridized carbons (Fsp3) is 0.300. The van der Waals surface area contributed by atoms with Crippen LogP contribution in [0.1, 0.15) is 18.4 Å². The predicted molar refractivity (Wildman–Crippen MR) is 118 cm³/mol. The van der Waals surface area contributed by atoms with E-state index in [1.54, 1.807) is 18.3 Å². The van der Waals surface area contributed by atoms with Crippen LogP contribution in [0.2, 0.25) is 0 Å². The van der Waals surface area contributed by atoms with Crippen molar-refractivity contribution in [1.82, 2.24) is 14.3 Å². The number of pyridine rings is 1. The van der Waals surface area contributed by atoms with Crippen molar-refractivity contribution < 1.29 is 13.2 Å². The van der Waals surface area contributed by atoms with Gasteiger partial charge in [-0.05, 0) is 38.0 Å². The summed E-state index contributed by atoms with van der Waals surface area (Å²) in [5.41, 5.74) is 3.26. The number of amides is 1. The summed E-state index contributed by atoms with van der Waals surface area (Å²) in [6.45, 7) is 2.73. The maximum Gasteiger partial charge on any atom is 0.304 e. The first-order valence-corrected chi connectivity index (χ1v) is 12.0. The maximum absolute atomic E-state index is 13.2. The third-order valence-electron chi connectivity index (χ3n) is 5.55. The summed E-state index contributed by atoms with van der Waals surface area (Å²) in [5, 5.41) is 3.56. The molecule has 1 atom stereocenters. The van der Waals surface area contributed by atoms with Crippen LogP contribution in [0.5, 0.6) is 0 Å². The van der Waals surface area contributed by atoms with Gasteiger partial charge in [-0.1, -0.05) is 17.7 Å². The Balaban J connectivity index is 1.49. The number of carbonyl (C=O) groups is 1. The largest absolute Gasteiger partial charge is 0.346 e. The third kappa shape index (κ3) is 3.24. The van der Waals surface area contributed by atoms with Crippen molar-refractivity contribution in [3.63, 3.8) is 0 Å². The smallest absolute Gasteiger partial charge is 0.304 e. The summed E-state index contributed by atoms with van der Waals surface area (Å²) in [6.07, 6.45) is 4.98. The van der Waals surface area contributed by atoms with Crippen molar-refractivity contribution in [3.05, 3.63) is 48.3 Å². The molecule has 2 aromatic heterocycles. The first kappa shape index (κ1) is 19.4. The lowest BCUT2D eigenvalue weighted by atomic mass is 10.1. The molecule has 1 fully saturated rings. The Morgan fingerprint density at radius 2 is 2.00 bits per heavy atom. The molecule has 8 nitrogen and oxygen atoms in total. The van der Waals surface area contributed by atoms with Gasteiger partial charge in [-0.3, -0.25) is 4.79 Å². The highest BCUT2D eigenvalue weighted by Crippen LogP contribution is 2.43. The van der Waals surface area contributed by atoms with Crippen LogP contribution in [-0.2, 0) is 10.0 Å². The van der Waals surface area contributed by atoms with E-state index >= 15 is 0 Å². The van der Waals surface area contributed by atoms with Gasteiger partial charge in [0.2, 0.25) is 10.0 Å². The molecule has 0 radical (unpaired) electrons. The molecular weight excluding hydrogens is 422 g/mol. The number of nitrogens with one attached hydrogen (secondary N) is 2. The SMILES string of the molecule is Cc1ccc(S(=O)(=O)N2CCCC(N3SC(=O)Nc4cnc5[nH]ccc5c43)C2)cc1. The average Bonchev–Trinajstić information content (AvgIpc) is 3.22. The van der Waals surface area contributed by atoms with E-state index < -0.39 is 10.0 Å². The van der Waals surface area contributed by atoms with Gasteiger partial charge in [-0.15, -0.1) is 0 Å². The van der Waals surface area contributed by atoms with Crippen LogP contribution in [-0.4, -0.2) is 47.1 Å². The van der Waals surface area contributed by atoms with Crippen molar-refractivity contribution >= 4 is 49.6 Å². The number of hydrogen-bond acceptors (Lipinski definition) is 6. The first-order valence-electron chi connectivity index (χ1n) is 9.74. The average molecular weight is 444 g/mol. The summed E-state index contributed by atoms with van der Waals surface area (Å²) in [4.78, 5) is 20.1. The molecule has 1 amide bonds. The second-order valence-corrected chi connectivity index (χ2v) is 10.4. The van der Waals surface area contributed by atoms with E-state index in [0.29, 0.717) is 23.7 Å². The Morgan fingerprint density at radius 3 is 2.80 bits per heavy atom. The lowest BCUT2D eigenvalue weighted by molar-refractivity contribution is 0.269. The Hall–Kier alpha value is -2.56. The van der Waals surface area contributed by atoms with Crippen molar-refractivity contribution in [2.75, 3.05) is 22.7 Å². The molecule has 0 spiro atoms. The van der Waals surface area contributed by atoms with Gasteiger partial charge in [0.1, 0.15) is 5.65 Å². The molecule has 2 aliphatic heterocycles. The molecule has 2 N–H and O–H groups in total. The van der Waals surface area contributed by atoms with Gasteiger partial charge in [0.05, 0.1) is 40.5 Å². The minimum atomic E-state index is -3.59. The zero-order valence-corrected chi connectivity index (χ0v) is 18.0. The number of hydrogen-bond donors (Lipinski definition) is 2. The van der Waals surface area contributed by atoms with E-state index in [9.17, 15) is 13.2 Å². The van der Waals surface area contributed by atoms with Crippen LogP contribution >= 0.6 is 11.9 Å². The molecule has 0 saturated carbocycles. The number of carbonyl (C=O) groups excluding carboxylic acids is 1. The van der Waals surface area contributed by atoms with E-state index in [0.717, 1.165) is 47.1 Å². The second kappa shape index (κ2) is 7.29. The van der Waals surface area contributed by atoms with Gasteiger partial charge in [0.25, 0.3) is 0 Å². The predicted octanol–water partition coefficient (Wildman–Crippen LogP) is 3.72. The van der Waals surface area contributed by atoms with Crippen LogP contribution in [0.4, 0.5) is 16.2 Å². The fourth-order valence-corrected chi connectivity index (χ4v) is 6.50. The Bertz CT molecular complexity index is 1220. The molecule has 10 heteroatoms. The monoisotopic (exact) mass is 443 g/mol. The molecule has 1 saturated heterocycles. The molecule has 156 valence electrons. The molecule has 5 rings (SSSR count). The van der Waals surface area contributed by atoms with Gasteiger partial charge in [0, 0.05) is 24.7 Å². The topological polar surface area (TPSA) is 98.4 Å². The van der Waals surface area contributed by atoms with Crippen LogP contribution in [0.25, 0.3) is 11.0 Å². The van der Waals surface area contributed by atoms with E-state index in [-0.39, 0.29) is 11.3 Å². The summed E-state index contributed by atoms with van der Waals surface area (Å²) in [5.74, 6) is 0. The number of sulfonamides is 1. The molecule has 1 unspecified atom stereocenters. The number of aryl methyl sites for hydroxylation is 1. The standard InChI is InChI=1S/C20H21N5O3S2/c1-13-4-6-15(7-5-13)30(27,28)24-10-2-3-14(12-24)25-18-16-8-9-21-19(16)22-11-17(18)23-20(26)29-25/h4-9,11,14H,2-3,10,12H2,1H3,(H,21,22)(H,23,26). The normalized spacial score (nSPS) is 20.2. The summed E-state index contributed by atoms with van der Waals surface area (Å²) in [7, 11) is -3.59. The number of nitrogens with zero attached hydrogens (tertiary/aromatic N) is 3. The highest BCUT2D eigenvalue weighted by atomic mass is 32.2. The van der Waals surface area contributed by atoms with Gasteiger partial charge in [-0.25, -0.2) is 13.4 Å². The Labute approximate surface area is 178 Å². The number of rotatable bonds is 3. The number of benzene rings is 1. The maximum atomic E-state index is 13.2. The van der Waals surface area contributed by atoms with E-state index in [1.165, 1.54) is 4.31 Å². The number of fused-ring (bicyclic) bond motifs is 3. The third-order valence-corrected chi connectivity index (χ3v) is 8.37. The Morgan fingerprint density at radius 1 is 1.20 bits per heavy atom. The molecule has 2 aliphatic rings. The molecule has 1 aromatic carbocycles. The van der Waals surface area contributed by atoms with Gasteiger partial charge in [0.15, 0.2) is 0 Å². The Kier molecular flexibility index (Phi) is 4.72. The second-order valence-electron chi connectivity index (χ2n) is 7.56. The van der Waals surface area contributed by atoms with Crippen molar-refractivity contribution in [1.29, 1.82) is 0 Å². The summed E-state index contributed by atoms with van der Waals surface area (Å²) >= 11 is 1.08. The molecule has 3 aromatic rings. The van der Waals surface area contributed by atoms with Crippen LogP contribution in [0.15, 0.2) is 47.6 Å². The lowest BCUT2D eigenvalue weighted by Crippen LogP contribution is -2.49. The van der Waals surface area contributed by atoms with E-state index in [1.807, 2.05) is 35.6 Å². The molecular formula is C20H21N5O3S2. The quantitative estimate of drug-likeness (QED) is 0.599. The number of H-pyrrole nitrogens is 1. The highest BCUT2D eigenvalue weighted by Gasteiger charge is 2.37. The summed E-state index contributed by atoms with van der Waals surface area (Å²) in [6, 6.07) is 8.73. The zero-order chi connectivity index (χ0) is 20.9. The number of piperidine rings is 1. The van der Waals surface area contributed by atoms with Crippen LogP contribution in [0, 0.1) is 6.92 Å². The number of aromatic nitrogens is 2. The number of anilines is 2. The van der Waals surface area contributed by atoms with Crippen molar-refractivity contribution in [2.45, 2.75) is 30.7 Å². The lowest BCUT2D eigenvalue weighted by Gasteiger charge is -2.40. The van der Waals surface area contributed by atoms with E-state index in [2.05, 4.69) is 15.3 Å². The van der Waals surface area contributed by atoms with Crippen molar-refractivity contribution in [3.8, 4) is 0 Å². The zero-order valence-electron chi connectivity index (χ0n) is 16.3. The van der Waals surface area contributed by atoms with Crippen molar-refractivity contribution in [2.24, 2.45) is 0 Å². The molecule has 0 aliphatic carbocycles. The summed E-state index contributed by atoms with van der Waals surface area (Å²) < 4.78 is 29.9. The van der Waals surface area contributed by atoms with Gasteiger partial charge < -0.3 is 14.6 Å². The van der Waals surface area contributed by atoms with E-state index in [4.69, 9.17) is 0 Å². The number of aromatic amines is 1.